The lowest BCUT2D eigenvalue weighted by molar-refractivity contribution is -0.115. The first-order chi connectivity index (χ1) is 9.54. The molecule has 2 N–H and O–H groups in total. The Morgan fingerprint density at radius 2 is 2.05 bits per heavy atom. The third-order valence-corrected chi connectivity index (χ3v) is 3.35. The molecule has 0 saturated heterocycles. The second-order valence-electron chi connectivity index (χ2n) is 4.18. The fourth-order valence-corrected chi connectivity index (χ4v) is 2.37. The summed E-state index contributed by atoms with van der Waals surface area (Å²) < 4.78 is 13.6. The molecule has 2 rings (SSSR count). The number of nitrogens with one attached hydrogen (secondary N) is 2. The molecule has 104 valence electrons. The van der Waals surface area contributed by atoms with Gasteiger partial charge in [-0.1, -0.05) is 6.07 Å². The van der Waals surface area contributed by atoms with Gasteiger partial charge in [-0.25, -0.2) is 4.39 Å². The maximum atomic E-state index is 13.6. The average Bonchev–Trinajstić information content (AvgIpc) is 2.85. The van der Waals surface area contributed by atoms with E-state index in [-0.39, 0.29) is 23.9 Å². The molecule has 0 radical (unpaired) electrons. The first-order valence-corrected chi connectivity index (χ1v) is 6.82. The molecule has 1 heterocycles. The molecule has 0 unspecified atom stereocenters. The maximum Gasteiger partial charge on any atom is 0.229 e. The fourth-order valence-electron chi connectivity index (χ4n) is 1.67. The number of hydrogen-bond donors (Lipinski definition) is 2. The zero-order chi connectivity index (χ0) is 14.5. The van der Waals surface area contributed by atoms with Gasteiger partial charge in [0.2, 0.25) is 11.8 Å². The highest BCUT2D eigenvalue weighted by Gasteiger charge is 2.09. The van der Waals surface area contributed by atoms with Crippen LogP contribution in [-0.2, 0) is 16.0 Å². The van der Waals surface area contributed by atoms with Crippen molar-refractivity contribution in [1.82, 2.24) is 0 Å². The van der Waals surface area contributed by atoms with Crippen LogP contribution in [0.4, 0.5) is 15.8 Å². The molecule has 0 aliphatic carbocycles. The maximum absolute atomic E-state index is 13.6. The number of benzene rings is 1. The largest absolute Gasteiger partial charge is 0.326 e. The van der Waals surface area contributed by atoms with Crippen molar-refractivity contribution in [2.45, 2.75) is 13.3 Å². The van der Waals surface area contributed by atoms with Gasteiger partial charge in [-0.15, -0.1) is 11.3 Å². The van der Waals surface area contributed by atoms with Crippen LogP contribution in [0.2, 0.25) is 0 Å². The number of amides is 2. The predicted octanol–water partition coefficient (Wildman–Crippen LogP) is 3.03. The van der Waals surface area contributed by atoms with Gasteiger partial charge < -0.3 is 10.6 Å². The summed E-state index contributed by atoms with van der Waals surface area (Å²) in [7, 11) is 0. The highest BCUT2D eigenvalue weighted by molar-refractivity contribution is 7.10. The van der Waals surface area contributed by atoms with E-state index in [1.54, 1.807) is 0 Å². The van der Waals surface area contributed by atoms with Crippen LogP contribution < -0.4 is 10.6 Å². The Labute approximate surface area is 119 Å². The van der Waals surface area contributed by atoms with Gasteiger partial charge in [-0.2, -0.15) is 0 Å². The average molecular weight is 292 g/mol. The highest BCUT2D eigenvalue weighted by Crippen LogP contribution is 2.20. The molecule has 0 spiro atoms. The Kier molecular flexibility index (Phi) is 4.47. The Balaban J connectivity index is 2.07. The first-order valence-electron chi connectivity index (χ1n) is 5.94. The third-order valence-electron chi connectivity index (χ3n) is 2.48. The summed E-state index contributed by atoms with van der Waals surface area (Å²) >= 11 is 1.47. The number of carbonyl (C=O) groups is 2. The van der Waals surface area contributed by atoms with Gasteiger partial charge in [0, 0.05) is 17.5 Å². The van der Waals surface area contributed by atoms with Gasteiger partial charge in [0.15, 0.2) is 0 Å². The van der Waals surface area contributed by atoms with Crippen LogP contribution in [0.25, 0.3) is 0 Å². The quantitative estimate of drug-likeness (QED) is 0.910. The lowest BCUT2D eigenvalue weighted by Crippen LogP contribution is -2.15. The molecule has 20 heavy (non-hydrogen) atoms. The number of thiophene rings is 1. The summed E-state index contributed by atoms with van der Waals surface area (Å²) in [6.07, 6.45) is 0.196. The second kappa shape index (κ2) is 6.29. The van der Waals surface area contributed by atoms with Gasteiger partial charge in [0.1, 0.15) is 5.82 Å². The van der Waals surface area contributed by atoms with Gasteiger partial charge in [-0.05, 0) is 29.6 Å². The Bertz CT molecular complexity index is 626. The van der Waals surface area contributed by atoms with Crippen LogP contribution in [0.1, 0.15) is 11.8 Å². The minimum absolute atomic E-state index is 0.0535. The SMILES string of the molecule is CC(=O)Nc1ccc(F)c(NC(=O)Cc2cccs2)c1. The van der Waals surface area contributed by atoms with E-state index in [4.69, 9.17) is 0 Å². The minimum Gasteiger partial charge on any atom is -0.326 e. The molecule has 0 aliphatic rings. The standard InChI is InChI=1S/C14H13FN2O2S/c1-9(18)16-10-4-5-12(15)13(7-10)17-14(19)8-11-3-2-6-20-11/h2-7H,8H2,1H3,(H,16,18)(H,17,19). The van der Waals surface area contributed by atoms with Crippen LogP contribution in [-0.4, -0.2) is 11.8 Å². The molecule has 1 aromatic heterocycles. The van der Waals surface area contributed by atoms with E-state index in [0.717, 1.165) is 4.88 Å². The van der Waals surface area contributed by atoms with E-state index in [1.807, 2.05) is 17.5 Å². The van der Waals surface area contributed by atoms with Crippen LogP contribution in [0.5, 0.6) is 0 Å². The van der Waals surface area contributed by atoms with Gasteiger partial charge in [0.25, 0.3) is 0 Å². The molecule has 0 bridgehead atoms. The molecule has 6 heteroatoms. The Hall–Kier alpha value is -2.21. The number of halogens is 1. The lowest BCUT2D eigenvalue weighted by Gasteiger charge is -2.08. The van der Waals surface area contributed by atoms with Crippen molar-refractivity contribution in [1.29, 1.82) is 0 Å². The van der Waals surface area contributed by atoms with E-state index < -0.39 is 5.82 Å². The molecular weight excluding hydrogens is 279 g/mol. The minimum atomic E-state index is -0.543. The monoisotopic (exact) mass is 292 g/mol. The van der Waals surface area contributed by atoms with Crippen molar-refractivity contribution < 1.29 is 14.0 Å². The number of hydrogen-bond acceptors (Lipinski definition) is 3. The molecule has 2 amide bonds. The van der Waals surface area contributed by atoms with Crippen molar-refractivity contribution in [2.24, 2.45) is 0 Å². The summed E-state index contributed by atoms with van der Waals surface area (Å²) in [5.41, 5.74) is 0.489. The van der Waals surface area contributed by atoms with Crippen LogP contribution in [0.15, 0.2) is 35.7 Å². The molecular formula is C14H13FN2O2S. The summed E-state index contributed by atoms with van der Waals surface area (Å²) in [5, 5.41) is 6.92. The third kappa shape index (κ3) is 3.89. The zero-order valence-corrected chi connectivity index (χ0v) is 11.6. The topological polar surface area (TPSA) is 58.2 Å². The predicted molar refractivity (Wildman–Crippen MR) is 77.4 cm³/mol. The first kappa shape index (κ1) is 14.2. The van der Waals surface area contributed by atoms with Crippen molar-refractivity contribution in [2.75, 3.05) is 10.6 Å². The number of anilines is 2. The van der Waals surface area contributed by atoms with E-state index >= 15 is 0 Å². The molecule has 0 fully saturated rings. The molecule has 2 aromatic rings. The van der Waals surface area contributed by atoms with Crippen molar-refractivity contribution in [3.8, 4) is 0 Å². The van der Waals surface area contributed by atoms with E-state index in [9.17, 15) is 14.0 Å². The van der Waals surface area contributed by atoms with Crippen LogP contribution in [0.3, 0.4) is 0 Å². The summed E-state index contributed by atoms with van der Waals surface area (Å²) in [5.74, 6) is -1.10. The van der Waals surface area contributed by atoms with Gasteiger partial charge in [-0.3, -0.25) is 9.59 Å². The van der Waals surface area contributed by atoms with Gasteiger partial charge in [0.05, 0.1) is 12.1 Å². The van der Waals surface area contributed by atoms with Crippen molar-refractivity contribution in [3.63, 3.8) is 0 Å². The smallest absolute Gasteiger partial charge is 0.229 e. The lowest BCUT2D eigenvalue weighted by atomic mass is 10.2. The molecule has 0 saturated carbocycles. The van der Waals surface area contributed by atoms with Gasteiger partial charge >= 0.3 is 0 Å². The molecule has 4 nitrogen and oxygen atoms in total. The highest BCUT2D eigenvalue weighted by atomic mass is 32.1. The van der Waals surface area contributed by atoms with Crippen molar-refractivity contribution in [3.05, 3.63) is 46.4 Å². The van der Waals surface area contributed by atoms with Crippen molar-refractivity contribution >= 4 is 34.5 Å². The summed E-state index contributed by atoms with van der Waals surface area (Å²) in [4.78, 5) is 23.7. The zero-order valence-electron chi connectivity index (χ0n) is 10.8. The Morgan fingerprint density at radius 3 is 2.70 bits per heavy atom. The van der Waals surface area contributed by atoms with Crippen LogP contribution in [0, 0.1) is 5.82 Å². The van der Waals surface area contributed by atoms with Crippen LogP contribution >= 0.6 is 11.3 Å². The normalized spacial score (nSPS) is 10.1. The molecule has 0 atom stereocenters. The summed E-state index contributed by atoms with van der Waals surface area (Å²) in [6.45, 7) is 1.36. The van der Waals surface area contributed by atoms with E-state index in [0.29, 0.717) is 5.69 Å². The number of rotatable bonds is 4. The molecule has 1 aromatic carbocycles. The second-order valence-corrected chi connectivity index (χ2v) is 5.21. The molecule has 0 aliphatic heterocycles. The number of carbonyl (C=O) groups excluding carboxylic acids is 2. The fraction of sp³-hybridized carbons (Fsp3) is 0.143. The van der Waals surface area contributed by atoms with E-state index in [1.165, 1.54) is 36.5 Å². The Morgan fingerprint density at radius 1 is 1.25 bits per heavy atom. The van der Waals surface area contributed by atoms with E-state index in [2.05, 4.69) is 10.6 Å². The summed E-state index contributed by atoms with van der Waals surface area (Å²) in [6, 6.07) is 7.72.